The van der Waals surface area contributed by atoms with Crippen molar-refractivity contribution in [2.45, 2.75) is 38.0 Å². The van der Waals surface area contributed by atoms with Crippen LogP contribution in [0.3, 0.4) is 0 Å². The molecule has 25 heavy (non-hydrogen) atoms. The number of aliphatic hydroxyl groups excluding tert-OH is 1. The molecule has 7 heteroatoms. The molecule has 138 valence electrons. The zero-order valence-electron chi connectivity index (χ0n) is 14.4. The molecule has 1 aromatic rings. The third-order valence-corrected chi connectivity index (χ3v) is 4.09. The lowest BCUT2D eigenvalue weighted by Crippen LogP contribution is -2.47. The van der Waals surface area contributed by atoms with Gasteiger partial charge in [-0.15, -0.1) is 0 Å². The van der Waals surface area contributed by atoms with Crippen LogP contribution in [0.2, 0.25) is 0 Å². The molecule has 1 aliphatic rings. The molecule has 2 rings (SSSR count). The first-order chi connectivity index (χ1) is 12.1. The van der Waals surface area contributed by atoms with E-state index >= 15 is 0 Å². The molecule has 0 radical (unpaired) electrons. The number of benzene rings is 1. The molecule has 2 N–H and O–H groups in total. The summed E-state index contributed by atoms with van der Waals surface area (Å²) in [6.07, 6.45) is 0.494. The number of ether oxygens (including phenoxy) is 3. The minimum Gasteiger partial charge on any atom is -0.467 e. The van der Waals surface area contributed by atoms with Gasteiger partial charge in [0.15, 0.2) is 6.10 Å². The van der Waals surface area contributed by atoms with Gasteiger partial charge < -0.3 is 24.6 Å². The van der Waals surface area contributed by atoms with E-state index in [2.05, 4.69) is 10.1 Å². The van der Waals surface area contributed by atoms with Crippen molar-refractivity contribution in [1.82, 2.24) is 5.32 Å². The highest BCUT2D eigenvalue weighted by molar-refractivity contribution is 5.96. The molecular weight excluding hydrogens is 326 g/mol. The maximum Gasteiger partial charge on any atom is 0.336 e. The molecule has 0 saturated heterocycles. The van der Waals surface area contributed by atoms with Crippen LogP contribution in [0.5, 0.6) is 0 Å². The molecule has 1 amide bonds. The first kappa shape index (κ1) is 19.4. The molecule has 0 aliphatic carbocycles. The van der Waals surface area contributed by atoms with E-state index in [0.29, 0.717) is 38.2 Å². The summed E-state index contributed by atoms with van der Waals surface area (Å²) in [7, 11) is 1.21. The SMILES string of the molecule is COC(=O)C(O)C1CCCCOCCOCc2ccccc2C(=O)N1. The van der Waals surface area contributed by atoms with Gasteiger partial charge in [0.2, 0.25) is 0 Å². The van der Waals surface area contributed by atoms with Gasteiger partial charge >= 0.3 is 5.97 Å². The number of hydrogen-bond acceptors (Lipinski definition) is 6. The van der Waals surface area contributed by atoms with E-state index in [1.165, 1.54) is 7.11 Å². The Kier molecular flexibility index (Phi) is 7.84. The number of esters is 1. The molecule has 1 heterocycles. The molecule has 0 bridgehead atoms. The lowest BCUT2D eigenvalue weighted by atomic mass is 10.0. The Morgan fingerprint density at radius 3 is 2.80 bits per heavy atom. The molecule has 0 spiro atoms. The zero-order chi connectivity index (χ0) is 18.1. The topological polar surface area (TPSA) is 94.1 Å². The lowest BCUT2D eigenvalue weighted by Gasteiger charge is -2.23. The van der Waals surface area contributed by atoms with Gasteiger partial charge in [0.1, 0.15) is 0 Å². The molecule has 7 nitrogen and oxygen atoms in total. The minimum absolute atomic E-state index is 0.289. The van der Waals surface area contributed by atoms with Gasteiger partial charge in [0, 0.05) is 12.2 Å². The van der Waals surface area contributed by atoms with Crippen LogP contribution in [-0.4, -0.2) is 56.1 Å². The van der Waals surface area contributed by atoms with E-state index < -0.39 is 18.1 Å². The number of nitrogens with one attached hydrogen (secondary N) is 1. The first-order valence-electron chi connectivity index (χ1n) is 8.43. The summed E-state index contributed by atoms with van der Waals surface area (Å²) < 4.78 is 15.6. The number of fused-ring (bicyclic) bond motifs is 1. The molecule has 2 atom stereocenters. The Morgan fingerprint density at radius 1 is 1.24 bits per heavy atom. The minimum atomic E-state index is -1.41. The molecule has 0 aromatic heterocycles. The smallest absolute Gasteiger partial charge is 0.336 e. The monoisotopic (exact) mass is 351 g/mol. The second-order valence-corrected chi connectivity index (χ2v) is 5.87. The number of hydrogen-bond donors (Lipinski definition) is 2. The maximum atomic E-state index is 12.6. The van der Waals surface area contributed by atoms with Crippen molar-refractivity contribution in [3.05, 3.63) is 35.4 Å². The van der Waals surface area contributed by atoms with Gasteiger partial charge in [-0.05, 0) is 30.9 Å². The van der Waals surface area contributed by atoms with Crippen molar-refractivity contribution in [2.24, 2.45) is 0 Å². The van der Waals surface area contributed by atoms with Gasteiger partial charge in [-0.1, -0.05) is 18.2 Å². The number of amides is 1. The summed E-state index contributed by atoms with van der Waals surface area (Å²) in [5.41, 5.74) is 1.20. The first-order valence-corrected chi connectivity index (χ1v) is 8.43. The van der Waals surface area contributed by atoms with Gasteiger partial charge in [-0.3, -0.25) is 4.79 Å². The van der Waals surface area contributed by atoms with Crippen molar-refractivity contribution in [3.8, 4) is 0 Å². The van der Waals surface area contributed by atoms with Crippen molar-refractivity contribution < 1.29 is 28.9 Å². The van der Waals surface area contributed by atoms with E-state index in [4.69, 9.17) is 9.47 Å². The standard InChI is InChI=1S/C18H25NO6/c1-23-18(22)16(20)15-8-4-5-9-24-10-11-25-12-13-6-2-3-7-14(13)17(21)19-15/h2-3,6-7,15-16,20H,4-5,8-12H2,1H3,(H,19,21). The number of carbonyl (C=O) groups excluding carboxylic acids is 2. The van der Waals surface area contributed by atoms with Crippen LogP contribution >= 0.6 is 0 Å². The largest absolute Gasteiger partial charge is 0.467 e. The van der Waals surface area contributed by atoms with Gasteiger partial charge in [0.25, 0.3) is 5.91 Å². The Balaban J connectivity index is 2.19. The van der Waals surface area contributed by atoms with E-state index in [1.807, 2.05) is 12.1 Å². The number of aliphatic hydroxyl groups is 1. The molecule has 1 aliphatic heterocycles. The highest BCUT2D eigenvalue weighted by Crippen LogP contribution is 2.14. The molecule has 1 aromatic carbocycles. The normalized spacial score (nSPS) is 21.4. The van der Waals surface area contributed by atoms with Crippen molar-refractivity contribution >= 4 is 11.9 Å². The average molecular weight is 351 g/mol. The predicted octanol–water partition coefficient (Wildman–Crippen LogP) is 1.04. The molecular formula is C18H25NO6. The molecule has 2 unspecified atom stereocenters. The predicted molar refractivity (Wildman–Crippen MR) is 90.0 cm³/mol. The summed E-state index contributed by atoms with van der Waals surface area (Å²) in [6, 6.07) is 6.37. The van der Waals surface area contributed by atoms with Gasteiger partial charge in [0.05, 0.1) is 33.0 Å². The van der Waals surface area contributed by atoms with Crippen molar-refractivity contribution in [2.75, 3.05) is 26.9 Å². The summed E-state index contributed by atoms with van der Waals surface area (Å²) in [6.45, 7) is 1.80. The average Bonchev–Trinajstić information content (AvgIpc) is 2.64. The van der Waals surface area contributed by atoms with Crippen LogP contribution in [-0.2, 0) is 25.6 Å². The lowest BCUT2D eigenvalue weighted by molar-refractivity contribution is -0.151. The summed E-state index contributed by atoms with van der Waals surface area (Å²) >= 11 is 0. The van der Waals surface area contributed by atoms with Crippen LogP contribution in [0.25, 0.3) is 0 Å². The van der Waals surface area contributed by atoms with Crippen LogP contribution < -0.4 is 5.32 Å². The Morgan fingerprint density at radius 2 is 2.00 bits per heavy atom. The van der Waals surface area contributed by atoms with Gasteiger partial charge in [-0.25, -0.2) is 4.79 Å². The molecule has 0 fully saturated rings. The van der Waals surface area contributed by atoms with Crippen molar-refractivity contribution in [1.29, 1.82) is 0 Å². The summed E-state index contributed by atoms with van der Waals surface area (Å²) in [4.78, 5) is 24.3. The summed E-state index contributed by atoms with van der Waals surface area (Å²) in [5, 5.41) is 12.9. The fraction of sp³-hybridized carbons (Fsp3) is 0.556. The van der Waals surface area contributed by atoms with Crippen LogP contribution in [0.4, 0.5) is 0 Å². The zero-order valence-corrected chi connectivity index (χ0v) is 14.4. The number of carbonyl (C=O) groups is 2. The Labute approximate surface area is 147 Å². The summed E-state index contributed by atoms with van der Waals surface area (Å²) in [5.74, 6) is -1.11. The van der Waals surface area contributed by atoms with E-state index in [9.17, 15) is 14.7 Å². The number of methoxy groups -OCH3 is 1. The Hall–Kier alpha value is -1.96. The second-order valence-electron chi connectivity index (χ2n) is 5.87. The third kappa shape index (κ3) is 5.81. The third-order valence-electron chi connectivity index (χ3n) is 4.09. The molecule has 0 saturated carbocycles. The maximum absolute atomic E-state index is 12.6. The second kappa shape index (κ2) is 10.1. The van der Waals surface area contributed by atoms with Crippen LogP contribution in [0, 0.1) is 0 Å². The quantitative estimate of drug-likeness (QED) is 0.773. The van der Waals surface area contributed by atoms with Crippen LogP contribution in [0.1, 0.15) is 35.2 Å². The highest BCUT2D eigenvalue weighted by atomic mass is 16.5. The van der Waals surface area contributed by atoms with Crippen molar-refractivity contribution in [3.63, 3.8) is 0 Å². The van der Waals surface area contributed by atoms with E-state index in [0.717, 1.165) is 12.0 Å². The Bertz CT molecular complexity index is 576. The van der Waals surface area contributed by atoms with Crippen LogP contribution in [0.15, 0.2) is 24.3 Å². The fourth-order valence-corrected chi connectivity index (χ4v) is 2.68. The van der Waals surface area contributed by atoms with Gasteiger partial charge in [-0.2, -0.15) is 0 Å². The van der Waals surface area contributed by atoms with E-state index in [1.54, 1.807) is 12.1 Å². The van der Waals surface area contributed by atoms with E-state index in [-0.39, 0.29) is 12.5 Å². The highest BCUT2D eigenvalue weighted by Gasteiger charge is 2.28. The number of rotatable bonds is 2. The fourth-order valence-electron chi connectivity index (χ4n) is 2.68.